The second kappa shape index (κ2) is 18.4. The van der Waals surface area contributed by atoms with Gasteiger partial charge in [0.05, 0.1) is 30.8 Å². The van der Waals surface area contributed by atoms with Crippen LogP contribution in [0.4, 0.5) is 0 Å². The van der Waals surface area contributed by atoms with Crippen LogP contribution in [0.25, 0.3) is 0 Å². The molecule has 4 heteroatoms. The zero-order valence-corrected chi connectivity index (χ0v) is 29.3. The summed E-state index contributed by atoms with van der Waals surface area (Å²) in [6.07, 6.45) is 5.96. The van der Waals surface area contributed by atoms with Crippen LogP contribution in [-0.2, 0) is 30.8 Å². The molecule has 5 rings (SSSR count). The minimum absolute atomic E-state index is 0. The molecule has 0 N–H and O–H groups in total. The Morgan fingerprint density at radius 3 is 0.714 bits per heavy atom. The summed E-state index contributed by atoms with van der Waals surface area (Å²) < 4.78 is 0. The van der Waals surface area contributed by atoms with Crippen molar-refractivity contribution < 1.29 is 29.4 Å². The Bertz CT molecular complexity index is 1200. The van der Waals surface area contributed by atoms with Crippen LogP contribution in [0.5, 0.6) is 0 Å². The van der Waals surface area contributed by atoms with Crippen LogP contribution < -0.4 is 29.4 Å². The third-order valence-electron chi connectivity index (χ3n) is 6.94. The molecule has 0 aliphatic carbocycles. The molecule has 0 aliphatic heterocycles. The van der Waals surface area contributed by atoms with Crippen molar-refractivity contribution in [3.8, 4) is 0 Å². The van der Waals surface area contributed by atoms with Crippen LogP contribution in [-0.4, -0.2) is 20.0 Å². The predicted molar refractivity (Wildman–Crippen MR) is 182 cm³/mol. The first-order valence-corrected chi connectivity index (χ1v) is 20.1. The third-order valence-corrected chi connectivity index (χ3v) is 12.4. The summed E-state index contributed by atoms with van der Waals surface area (Å²) in [5.74, 6) is 0. The Hall–Kier alpha value is -2.27. The second-order valence-electron chi connectivity index (χ2n) is 11.9. The molecule has 0 radical (unpaired) electrons. The topological polar surface area (TPSA) is 0 Å². The van der Waals surface area contributed by atoms with Crippen LogP contribution in [0.15, 0.2) is 152 Å². The number of halogens is 2. The number of hydrogen-bond acceptors (Lipinski definition) is 0. The SMILES string of the molecule is C[P+](C)(C)Cc1ccccc1.[Br-].[Cl-].c1ccc(C[P+](Cc2ccccc2)(Cc2ccccc2)Cc2ccccc2)cc1. The van der Waals surface area contributed by atoms with Gasteiger partial charge in [0.15, 0.2) is 0 Å². The molecule has 0 fully saturated rings. The highest BCUT2D eigenvalue weighted by Gasteiger charge is 2.38. The van der Waals surface area contributed by atoms with Crippen molar-refractivity contribution in [3.63, 3.8) is 0 Å². The largest absolute Gasteiger partial charge is 1.00 e. The van der Waals surface area contributed by atoms with Gasteiger partial charge in [-0.05, 0) is 27.8 Å². The molecular formula is C38H44BrClP2. The van der Waals surface area contributed by atoms with Gasteiger partial charge in [0.2, 0.25) is 0 Å². The lowest BCUT2D eigenvalue weighted by Gasteiger charge is -2.29. The molecule has 0 unspecified atom stereocenters. The van der Waals surface area contributed by atoms with Crippen molar-refractivity contribution >= 4 is 14.5 Å². The quantitative estimate of drug-likeness (QED) is 0.185. The van der Waals surface area contributed by atoms with Gasteiger partial charge >= 0.3 is 0 Å². The van der Waals surface area contributed by atoms with Gasteiger partial charge in [-0.2, -0.15) is 0 Å². The monoisotopic (exact) mass is 676 g/mol. The summed E-state index contributed by atoms with van der Waals surface area (Å²) in [4.78, 5) is 0. The lowest BCUT2D eigenvalue weighted by molar-refractivity contribution is -0.001000. The Kier molecular flexibility index (Phi) is 15.7. The average Bonchev–Trinajstić information content (AvgIpc) is 2.95. The van der Waals surface area contributed by atoms with Gasteiger partial charge in [0, 0.05) is 34.5 Å². The van der Waals surface area contributed by atoms with E-state index < -0.39 is 14.5 Å². The van der Waals surface area contributed by atoms with E-state index in [0.717, 1.165) is 0 Å². The third kappa shape index (κ3) is 12.9. The highest BCUT2D eigenvalue weighted by atomic mass is 79.9. The molecule has 42 heavy (non-hydrogen) atoms. The van der Waals surface area contributed by atoms with E-state index in [2.05, 4.69) is 172 Å². The molecule has 5 aromatic rings. The van der Waals surface area contributed by atoms with Crippen molar-refractivity contribution in [3.05, 3.63) is 179 Å². The molecule has 0 aliphatic rings. The van der Waals surface area contributed by atoms with Crippen molar-refractivity contribution in [2.75, 3.05) is 20.0 Å². The van der Waals surface area contributed by atoms with Crippen LogP contribution in [0.3, 0.4) is 0 Å². The Labute approximate surface area is 272 Å². The standard InChI is InChI=1S/C28H28P.C10H16P.BrH.ClH/c1-5-13-25(14-6-1)21-29(22-26-15-7-2-8-16-26,23-27-17-9-3-10-18-27)24-28-19-11-4-12-20-28;1-11(2,3)9-10-7-5-4-6-8-10;;/h1-20H,21-24H2;4-8H,9H2,1-3H3;2*1H/q2*+1;;/p-2. The molecule has 0 saturated heterocycles. The van der Waals surface area contributed by atoms with Crippen molar-refractivity contribution in [1.29, 1.82) is 0 Å². The van der Waals surface area contributed by atoms with E-state index in [0.29, 0.717) is 0 Å². The fourth-order valence-electron chi connectivity index (χ4n) is 5.35. The zero-order chi connectivity index (χ0) is 28.1. The lowest BCUT2D eigenvalue weighted by atomic mass is 10.2. The van der Waals surface area contributed by atoms with Gasteiger partial charge in [0.1, 0.15) is 0 Å². The van der Waals surface area contributed by atoms with E-state index in [1.807, 2.05) is 0 Å². The molecule has 0 nitrogen and oxygen atoms in total. The summed E-state index contributed by atoms with van der Waals surface area (Å²) in [7, 11) is -2.02. The second-order valence-corrected chi connectivity index (χ2v) is 20.7. The summed E-state index contributed by atoms with van der Waals surface area (Å²) in [5.41, 5.74) is 7.33. The minimum Gasteiger partial charge on any atom is -1.00 e. The minimum atomic E-state index is -1.38. The zero-order valence-electron chi connectivity index (χ0n) is 25.1. The molecule has 0 spiro atoms. The van der Waals surface area contributed by atoms with Gasteiger partial charge in [-0.1, -0.05) is 152 Å². The molecule has 0 saturated carbocycles. The number of hydrogen-bond donors (Lipinski definition) is 0. The predicted octanol–water partition coefficient (Wildman–Crippen LogP) is 4.91. The Balaban J connectivity index is 0.000000404. The highest BCUT2D eigenvalue weighted by Crippen LogP contribution is 2.68. The van der Waals surface area contributed by atoms with Gasteiger partial charge < -0.3 is 29.4 Å². The fourth-order valence-corrected chi connectivity index (χ4v) is 11.3. The first-order valence-electron chi connectivity index (χ1n) is 14.2. The summed E-state index contributed by atoms with van der Waals surface area (Å²) in [6.45, 7) is 7.12. The highest BCUT2D eigenvalue weighted by molar-refractivity contribution is 7.73. The molecule has 220 valence electrons. The molecule has 0 amide bonds. The summed E-state index contributed by atoms with van der Waals surface area (Å²) >= 11 is 0. The number of rotatable bonds is 10. The van der Waals surface area contributed by atoms with E-state index >= 15 is 0 Å². The van der Waals surface area contributed by atoms with Gasteiger partial charge in [-0.3, -0.25) is 0 Å². The normalized spacial score (nSPS) is 10.8. The molecule has 0 aromatic heterocycles. The van der Waals surface area contributed by atoms with Gasteiger partial charge in [0.25, 0.3) is 0 Å². The molecule has 5 aromatic carbocycles. The first-order chi connectivity index (χ1) is 19.4. The van der Waals surface area contributed by atoms with E-state index in [-0.39, 0.29) is 29.4 Å². The van der Waals surface area contributed by atoms with Crippen molar-refractivity contribution in [1.82, 2.24) is 0 Å². The Morgan fingerprint density at radius 1 is 0.333 bits per heavy atom. The molecule has 0 heterocycles. The lowest BCUT2D eigenvalue weighted by Crippen LogP contribution is -3.00. The van der Waals surface area contributed by atoms with Gasteiger partial charge in [-0.25, -0.2) is 0 Å². The van der Waals surface area contributed by atoms with E-state index in [1.54, 1.807) is 0 Å². The molecule has 0 bridgehead atoms. The fraction of sp³-hybridized carbons (Fsp3) is 0.211. The molecular weight excluding hydrogens is 634 g/mol. The van der Waals surface area contributed by atoms with Gasteiger partial charge in [-0.15, -0.1) is 0 Å². The van der Waals surface area contributed by atoms with Crippen molar-refractivity contribution in [2.24, 2.45) is 0 Å². The van der Waals surface area contributed by atoms with E-state index in [9.17, 15) is 0 Å². The smallest absolute Gasteiger partial charge is 0.0852 e. The summed E-state index contributed by atoms with van der Waals surface area (Å²) in [5, 5.41) is 0. The maximum atomic E-state index is 2.38. The van der Waals surface area contributed by atoms with Crippen molar-refractivity contribution in [2.45, 2.75) is 30.8 Å². The maximum Gasteiger partial charge on any atom is 0.0852 e. The first kappa shape index (κ1) is 35.9. The van der Waals surface area contributed by atoms with E-state index in [1.165, 1.54) is 58.6 Å². The summed E-state index contributed by atoms with van der Waals surface area (Å²) in [6, 6.07) is 55.0. The van der Waals surface area contributed by atoms with Crippen LogP contribution >= 0.6 is 14.5 Å². The maximum absolute atomic E-state index is 2.38. The van der Waals surface area contributed by atoms with E-state index in [4.69, 9.17) is 0 Å². The average molecular weight is 678 g/mol. The van der Waals surface area contributed by atoms with Crippen LogP contribution in [0.2, 0.25) is 0 Å². The van der Waals surface area contributed by atoms with Crippen LogP contribution in [0, 0.1) is 0 Å². The Morgan fingerprint density at radius 2 is 0.524 bits per heavy atom. The molecule has 0 atom stereocenters. The number of benzene rings is 5. The van der Waals surface area contributed by atoms with Crippen LogP contribution in [0.1, 0.15) is 27.8 Å².